The minimum Gasteiger partial charge on any atom is -0.489 e. The fraction of sp³-hybridized carbons (Fsp3) is 0.0952. The molecule has 0 aliphatic rings. The van der Waals surface area contributed by atoms with Crippen molar-refractivity contribution in [3.8, 4) is 5.75 Å². The number of carboxylic acid groups (broad SMARTS) is 1. The van der Waals surface area contributed by atoms with E-state index in [0.29, 0.717) is 23.9 Å². The molecule has 0 unspecified atom stereocenters. The molecule has 6 heteroatoms. The Bertz CT molecular complexity index is 927. The lowest BCUT2D eigenvalue weighted by Gasteiger charge is -2.14. The van der Waals surface area contributed by atoms with Crippen LogP contribution in [0.1, 0.15) is 21.5 Å². The van der Waals surface area contributed by atoms with Gasteiger partial charge in [-0.15, -0.1) is 0 Å². The summed E-state index contributed by atoms with van der Waals surface area (Å²) in [6.07, 6.45) is 0. The van der Waals surface area contributed by atoms with Gasteiger partial charge in [-0.2, -0.15) is 0 Å². The van der Waals surface area contributed by atoms with Crippen LogP contribution >= 0.6 is 11.6 Å². The van der Waals surface area contributed by atoms with Gasteiger partial charge in [-0.05, 0) is 60.2 Å². The van der Waals surface area contributed by atoms with Crippen molar-refractivity contribution in [2.45, 2.75) is 13.2 Å². The van der Waals surface area contributed by atoms with Gasteiger partial charge in [-0.1, -0.05) is 23.7 Å². The highest BCUT2D eigenvalue weighted by Crippen LogP contribution is 2.25. The van der Waals surface area contributed by atoms with Crippen LogP contribution in [0.3, 0.4) is 0 Å². The standard InChI is InChI=1S/C21H17ClFNO3/c22-17-5-10-20(27-13-14-1-6-18(23)7-2-14)16(11-17)12-24-19-8-3-15(4-9-19)21(25)26/h1-11,24H,12-13H2,(H,25,26). The fourth-order valence-corrected chi connectivity index (χ4v) is 2.69. The molecule has 27 heavy (non-hydrogen) atoms. The van der Waals surface area contributed by atoms with E-state index in [-0.39, 0.29) is 11.4 Å². The third kappa shape index (κ3) is 5.21. The van der Waals surface area contributed by atoms with E-state index in [1.807, 2.05) is 0 Å². The van der Waals surface area contributed by atoms with E-state index in [4.69, 9.17) is 21.4 Å². The Morgan fingerprint density at radius 2 is 1.74 bits per heavy atom. The predicted octanol–water partition coefficient (Wildman–Crippen LogP) is 5.37. The molecule has 4 nitrogen and oxygen atoms in total. The molecule has 0 bridgehead atoms. The van der Waals surface area contributed by atoms with Gasteiger partial charge in [0.05, 0.1) is 5.56 Å². The monoisotopic (exact) mass is 385 g/mol. The number of aromatic carboxylic acids is 1. The number of nitrogens with one attached hydrogen (secondary N) is 1. The number of hydrogen-bond acceptors (Lipinski definition) is 3. The topological polar surface area (TPSA) is 58.6 Å². The Hall–Kier alpha value is -3.05. The molecule has 0 aromatic heterocycles. The van der Waals surface area contributed by atoms with Gasteiger partial charge >= 0.3 is 5.97 Å². The Morgan fingerprint density at radius 1 is 1.04 bits per heavy atom. The van der Waals surface area contributed by atoms with Crippen molar-refractivity contribution in [1.82, 2.24) is 0 Å². The molecule has 0 spiro atoms. The molecule has 0 atom stereocenters. The summed E-state index contributed by atoms with van der Waals surface area (Å²) in [7, 11) is 0. The molecule has 0 saturated heterocycles. The second kappa shape index (κ2) is 8.56. The molecular weight excluding hydrogens is 369 g/mol. The van der Waals surface area contributed by atoms with Crippen molar-refractivity contribution in [3.05, 3.63) is 94.3 Å². The third-order valence-corrected chi connectivity index (χ3v) is 4.18. The van der Waals surface area contributed by atoms with E-state index in [2.05, 4.69) is 5.32 Å². The normalized spacial score (nSPS) is 10.4. The zero-order valence-corrected chi connectivity index (χ0v) is 15.0. The molecule has 138 valence electrons. The van der Waals surface area contributed by atoms with Crippen molar-refractivity contribution in [2.75, 3.05) is 5.32 Å². The molecule has 0 fully saturated rings. The van der Waals surface area contributed by atoms with Crippen LogP contribution in [0.4, 0.5) is 10.1 Å². The molecule has 0 heterocycles. The molecular formula is C21H17ClFNO3. The molecule has 0 aliphatic heterocycles. The second-order valence-corrected chi connectivity index (χ2v) is 6.34. The van der Waals surface area contributed by atoms with Crippen LogP contribution in [0.5, 0.6) is 5.75 Å². The average molecular weight is 386 g/mol. The lowest BCUT2D eigenvalue weighted by molar-refractivity contribution is 0.0697. The number of halogens is 2. The number of anilines is 1. The first kappa shape index (κ1) is 18.7. The van der Waals surface area contributed by atoms with Crippen LogP contribution < -0.4 is 10.1 Å². The van der Waals surface area contributed by atoms with Gasteiger partial charge in [0.1, 0.15) is 18.2 Å². The number of carbonyl (C=O) groups is 1. The summed E-state index contributed by atoms with van der Waals surface area (Å²) in [4.78, 5) is 10.9. The Kier molecular flexibility index (Phi) is 5.94. The van der Waals surface area contributed by atoms with Crippen molar-refractivity contribution in [1.29, 1.82) is 0 Å². The van der Waals surface area contributed by atoms with Crippen molar-refractivity contribution in [2.24, 2.45) is 0 Å². The molecule has 3 aromatic carbocycles. The minimum atomic E-state index is -0.965. The first-order valence-electron chi connectivity index (χ1n) is 8.24. The number of carboxylic acids is 1. The molecule has 3 aromatic rings. The van der Waals surface area contributed by atoms with Gasteiger partial charge in [0.2, 0.25) is 0 Å². The maximum atomic E-state index is 13.0. The summed E-state index contributed by atoms with van der Waals surface area (Å²) >= 11 is 6.10. The van der Waals surface area contributed by atoms with E-state index in [1.165, 1.54) is 24.3 Å². The van der Waals surface area contributed by atoms with Crippen LogP contribution in [-0.2, 0) is 13.2 Å². The van der Waals surface area contributed by atoms with Crippen molar-refractivity contribution >= 4 is 23.3 Å². The molecule has 3 rings (SSSR count). The maximum Gasteiger partial charge on any atom is 0.335 e. The average Bonchev–Trinajstić information content (AvgIpc) is 2.67. The highest BCUT2D eigenvalue weighted by molar-refractivity contribution is 6.30. The van der Waals surface area contributed by atoms with Gasteiger partial charge in [0, 0.05) is 22.8 Å². The van der Waals surface area contributed by atoms with E-state index < -0.39 is 5.97 Å². The largest absolute Gasteiger partial charge is 0.489 e. The zero-order valence-electron chi connectivity index (χ0n) is 14.3. The Labute approximate surface area is 161 Å². The minimum absolute atomic E-state index is 0.228. The maximum absolute atomic E-state index is 13.0. The Balaban J connectivity index is 1.68. The van der Waals surface area contributed by atoms with Gasteiger partial charge in [-0.3, -0.25) is 0 Å². The molecule has 2 N–H and O–H groups in total. The fourth-order valence-electron chi connectivity index (χ4n) is 2.50. The SMILES string of the molecule is O=C(O)c1ccc(NCc2cc(Cl)ccc2OCc2ccc(F)cc2)cc1. The lowest BCUT2D eigenvalue weighted by Crippen LogP contribution is -2.04. The zero-order chi connectivity index (χ0) is 19.2. The highest BCUT2D eigenvalue weighted by atomic mass is 35.5. The first-order valence-corrected chi connectivity index (χ1v) is 8.62. The summed E-state index contributed by atoms with van der Waals surface area (Å²) in [5.41, 5.74) is 2.72. The number of hydrogen-bond donors (Lipinski definition) is 2. The smallest absolute Gasteiger partial charge is 0.335 e. The quantitative estimate of drug-likeness (QED) is 0.574. The van der Waals surface area contributed by atoms with Crippen molar-refractivity contribution < 1.29 is 19.0 Å². The van der Waals surface area contributed by atoms with Gasteiger partial charge < -0.3 is 15.2 Å². The highest BCUT2D eigenvalue weighted by Gasteiger charge is 2.07. The number of rotatable bonds is 7. The summed E-state index contributed by atoms with van der Waals surface area (Å²) in [5.74, 6) is -0.588. The second-order valence-electron chi connectivity index (χ2n) is 5.90. The number of ether oxygens (including phenoxy) is 1. The van der Waals surface area contributed by atoms with Crippen LogP contribution in [0.2, 0.25) is 5.02 Å². The summed E-state index contributed by atoms with van der Waals surface area (Å²) in [6.45, 7) is 0.758. The molecule has 0 radical (unpaired) electrons. The van der Waals surface area contributed by atoms with E-state index in [0.717, 1.165) is 16.8 Å². The van der Waals surface area contributed by atoms with Gasteiger partial charge in [0.15, 0.2) is 0 Å². The number of benzene rings is 3. The summed E-state index contributed by atoms with van der Waals surface area (Å²) in [6, 6.07) is 17.9. The molecule has 0 saturated carbocycles. The Morgan fingerprint density at radius 3 is 2.41 bits per heavy atom. The summed E-state index contributed by atoms with van der Waals surface area (Å²) in [5, 5.41) is 12.8. The van der Waals surface area contributed by atoms with E-state index in [1.54, 1.807) is 42.5 Å². The van der Waals surface area contributed by atoms with Crippen LogP contribution in [0.25, 0.3) is 0 Å². The van der Waals surface area contributed by atoms with Gasteiger partial charge in [0.25, 0.3) is 0 Å². The van der Waals surface area contributed by atoms with E-state index in [9.17, 15) is 9.18 Å². The van der Waals surface area contributed by atoms with Crippen LogP contribution in [0.15, 0.2) is 66.7 Å². The van der Waals surface area contributed by atoms with Crippen LogP contribution in [-0.4, -0.2) is 11.1 Å². The molecule has 0 amide bonds. The lowest BCUT2D eigenvalue weighted by atomic mass is 10.1. The predicted molar refractivity (Wildman–Crippen MR) is 103 cm³/mol. The van der Waals surface area contributed by atoms with E-state index >= 15 is 0 Å². The van der Waals surface area contributed by atoms with Crippen LogP contribution in [0, 0.1) is 5.82 Å². The van der Waals surface area contributed by atoms with Crippen molar-refractivity contribution in [3.63, 3.8) is 0 Å². The molecule has 0 aliphatic carbocycles. The third-order valence-electron chi connectivity index (χ3n) is 3.94. The van der Waals surface area contributed by atoms with Gasteiger partial charge in [-0.25, -0.2) is 9.18 Å². The summed E-state index contributed by atoms with van der Waals surface area (Å²) < 4.78 is 18.9. The first-order chi connectivity index (χ1) is 13.0.